The quantitative estimate of drug-likeness (QED) is 0.445. The third-order valence-corrected chi connectivity index (χ3v) is 4.04. The van der Waals surface area contributed by atoms with Crippen LogP contribution in [-0.2, 0) is 6.42 Å². The number of nitrogens with two attached hydrogens (primary N) is 2. The van der Waals surface area contributed by atoms with Crippen LogP contribution >= 0.6 is 27.5 Å². The maximum atomic E-state index is 13.1. The number of halogens is 3. The second kappa shape index (κ2) is 6.54. The molecule has 106 valence electrons. The SMILES string of the molecule is NNC(Cc1ccc(F)cc1Br)c1ccc(Cl)cc1N. The highest BCUT2D eigenvalue weighted by Gasteiger charge is 2.15. The molecule has 5 N–H and O–H groups in total. The predicted octanol–water partition coefficient (Wildman–Crippen LogP) is 3.57. The van der Waals surface area contributed by atoms with Gasteiger partial charge in [-0.25, -0.2) is 4.39 Å². The van der Waals surface area contributed by atoms with E-state index in [-0.39, 0.29) is 11.9 Å². The van der Waals surface area contributed by atoms with Crippen LogP contribution in [0, 0.1) is 5.82 Å². The Morgan fingerprint density at radius 2 is 2.00 bits per heavy atom. The first-order valence-electron chi connectivity index (χ1n) is 5.96. The molecule has 2 aromatic rings. The minimum atomic E-state index is -0.288. The van der Waals surface area contributed by atoms with Gasteiger partial charge in [0.25, 0.3) is 0 Å². The van der Waals surface area contributed by atoms with Crippen molar-refractivity contribution in [3.63, 3.8) is 0 Å². The van der Waals surface area contributed by atoms with Gasteiger partial charge in [-0.2, -0.15) is 0 Å². The molecule has 0 bridgehead atoms. The van der Waals surface area contributed by atoms with E-state index in [1.807, 2.05) is 6.07 Å². The Morgan fingerprint density at radius 3 is 2.60 bits per heavy atom. The van der Waals surface area contributed by atoms with E-state index < -0.39 is 0 Å². The second-order valence-electron chi connectivity index (χ2n) is 4.43. The molecule has 2 rings (SSSR count). The van der Waals surface area contributed by atoms with E-state index in [2.05, 4.69) is 21.4 Å². The first kappa shape index (κ1) is 15.3. The fraction of sp³-hybridized carbons (Fsp3) is 0.143. The van der Waals surface area contributed by atoms with Crippen LogP contribution in [0.3, 0.4) is 0 Å². The van der Waals surface area contributed by atoms with E-state index in [1.165, 1.54) is 12.1 Å². The zero-order chi connectivity index (χ0) is 14.7. The van der Waals surface area contributed by atoms with Crippen LogP contribution in [0.25, 0.3) is 0 Å². The summed E-state index contributed by atoms with van der Waals surface area (Å²) < 4.78 is 13.8. The molecule has 0 aliphatic rings. The molecular formula is C14H14BrClFN3. The summed E-state index contributed by atoms with van der Waals surface area (Å²) in [5.74, 6) is 5.32. The number of benzene rings is 2. The van der Waals surface area contributed by atoms with Gasteiger partial charge in [0, 0.05) is 15.2 Å². The van der Waals surface area contributed by atoms with Gasteiger partial charge in [0.15, 0.2) is 0 Å². The first-order chi connectivity index (χ1) is 9.51. The molecule has 0 aliphatic heterocycles. The number of nitrogens with one attached hydrogen (secondary N) is 1. The molecule has 0 radical (unpaired) electrons. The zero-order valence-electron chi connectivity index (χ0n) is 10.5. The first-order valence-corrected chi connectivity index (χ1v) is 7.13. The van der Waals surface area contributed by atoms with Crippen LogP contribution in [-0.4, -0.2) is 0 Å². The lowest BCUT2D eigenvalue weighted by Gasteiger charge is -2.19. The van der Waals surface area contributed by atoms with Crippen molar-refractivity contribution in [2.75, 3.05) is 5.73 Å². The molecular weight excluding hydrogens is 345 g/mol. The molecule has 2 aromatic carbocycles. The van der Waals surface area contributed by atoms with Crippen LogP contribution in [0.4, 0.5) is 10.1 Å². The van der Waals surface area contributed by atoms with Gasteiger partial charge in [-0.05, 0) is 41.8 Å². The highest BCUT2D eigenvalue weighted by atomic mass is 79.9. The van der Waals surface area contributed by atoms with Crippen LogP contribution in [0.1, 0.15) is 17.2 Å². The summed E-state index contributed by atoms with van der Waals surface area (Å²) in [5, 5.41) is 0.574. The van der Waals surface area contributed by atoms with Crippen LogP contribution < -0.4 is 17.0 Å². The number of hydrogen-bond acceptors (Lipinski definition) is 3. The Hall–Kier alpha value is -1.14. The highest BCUT2D eigenvalue weighted by Crippen LogP contribution is 2.28. The molecule has 0 aliphatic carbocycles. The van der Waals surface area contributed by atoms with Gasteiger partial charge >= 0.3 is 0 Å². The van der Waals surface area contributed by atoms with E-state index in [9.17, 15) is 4.39 Å². The van der Waals surface area contributed by atoms with Crippen molar-refractivity contribution in [3.8, 4) is 0 Å². The summed E-state index contributed by atoms with van der Waals surface area (Å²) in [6.45, 7) is 0. The van der Waals surface area contributed by atoms with E-state index in [1.54, 1.807) is 18.2 Å². The van der Waals surface area contributed by atoms with Gasteiger partial charge in [-0.15, -0.1) is 0 Å². The van der Waals surface area contributed by atoms with Gasteiger partial charge in [0.1, 0.15) is 5.82 Å². The Morgan fingerprint density at radius 1 is 1.25 bits per heavy atom. The Bertz CT molecular complexity index is 621. The molecule has 0 fully saturated rings. The van der Waals surface area contributed by atoms with Crippen molar-refractivity contribution in [2.24, 2.45) is 5.84 Å². The molecule has 0 saturated carbocycles. The molecule has 0 spiro atoms. The van der Waals surface area contributed by atoms with Crippen LogP contribution in [0.5, 0.6) is 0 Å². The average molecular weight is 359 g/mol. The fourth-order valence-electron chi connectivity index (χ4n) is 2.03. The largest absolute Gasteiger partial charge is 0.398 e. The normalized spacial score (nSPS) is 12.4. The summed E-state index contributed by atoms with van der Waals surface area (Å²) in [6, 6.07) is 9.65. The Balaban J connectivity index is 2.28. The lowest BCUT2D eigenvalue weighted by atomic mass is 9.98. The summed E-state index contributed by atoms with van der Waals surface area (Å²) in [7, 11) is 0. The molecule has 3 nitrogen and oxygen atoms in total. The summed E-state index contributed by atoms with van der Waals surface area (Å²) in [6.07, 6.45) is 0.573. The lowest BCUT2D eigenvalue weighted by molar-refractivity contribution is 0.551. The van der Waals surface area contributed by atoms with Crippen molar-refractivity contribution >= 4 is 33.2 Å². The van der Waals surface area contributed by atoms with Crippen LogP contribution in [0.15, 0.2) is 40.9 Å². The van der Waals surface area contributed by atoms with E-state index in [4.69, 9.17) is 23.2 Å². The third kappa shape index (κ3) is 3.49. The molecule has 6 heteroatoms. The number of nitrogen functional groups attached to an aromatic ring is 1. The highest BCUT2D eigenvalue weighted by molar-refractivity contribution is 9.10. The van der Waals surface area contributed by atoms with Crippen molar-refractivity contribution < 1.29 is 4.39 Å². The van der Waals surface area contributed by atoms with Crippen molar-refractivity contribution in [2.45, 2.75) is 12.5 Å². The third-order valence-electron chi connectivity index (χ3n) is 3.06. The monoisotopic (exact) mass is 357 g/mol. The average Bonchev–Trinajstić information content (AvgIpc) is 2.39. The predicted molar refractivity (Wildman–Crippen MR) is 83.7 cm³/mol. The number of rotatable bonds is 4. The second-order valence-corrected chi connectivity index (χ2v) is 5.72. The molecule has 1 atom stereocenters. The van der Waals surface area contributed by atoms with E-state index in [0.29, 0.717) is 21.6 Å². The summed E-state index contributed by atoms with van der Waals surface area (Å²) in [5.41, 5.74) is 11.1. The summed E-state index contributed by atoms with van der Waals surface area (Å²) >= 11 is 9.23. The van der Waals surface area contributed by atoms with Gasteiger partial charge in [-0.3, -0.25) is 11.3 Å². The van der Waals surface area contributed by atoms with Gasteiger partial charge < -0.3 is 5.73 Å². The topological polar surface area (TPSA) is 64.1 Å². The van der Waals surface area contributed by atoms with Crippen molar-refractivity contribution in [3.05, 3.63) is 62.8 Å². The summed E-state index contributed by atoms with van der Waals surface area (Å²) in [4.78, 5) is 0. The molecule has 0 amide bonds. The van der Waals surface area contributed by atoms with E-state index >= 15 is 0 Å². The molecule has 0 heterocycles. The number of anilines is 1. The fourth-order valence-corrected chi connectivity index (χ4v) is 2.72. The van der Waals surface area contributed by atoms with Crippen LogP contribution in [0.2, 0.25) is 5.02 Å². The zero-order valence-corrected chi connectivity index (χ0v) is 12.9. The number of hydrazine groups is 1. The van der Waals surface area contributed by atoms with Gasteiger partial charge in [0.05, 0.1) is 6.04 Å². The minimum Gasteiger partial charge on any atom is -0.398 e. The minimum absolute atomic E-state index is 0.186. The Labute approximate surface area is 130 Å². The molecule has 20 heavy (non-hydrogen) atoms. The number of hydrogen-bond donors (Lipinski definition) is 3. The van der Waals surface area contributed by atoms with Crippen molar-refractivity contribution in [1.82, 2.24) is 5.43 Å². The smallest absolute Gasteiger partial charge is 0.124 e. The standard InChI is InChI=1S/C14H14BrClFN3/c15-12-7-10(17)3-1-8(12)5-14(20-19)11-4-2-9(16)6-13(11)18/h1-4,6-7,14,20H,5,18-19H2. The molecule has 1 unspecified atom stereocenters. The van der Waals surface area contributed by atoms with Gasteiger partial charge in [0.2, 0.25) is 0 Å². The Kier molecular flexibility index (Phi) is 4.99. The maximum absolute atomic E-state index is 13.1. The lowest BCUT2D eigenvalue weighted by Crippen LogP contribution is -2.30. The molecule has 0 aromatic heterocycles. The molecule has 0 saturated heterocycles. The van der Waals surface area contributed by atoms with Crippen molar-refractivity contribution in [1.29, 1.82) is 0 Å². The van der Waals surface area contributed by atoms with E-state index in [0.717, 1.165) is 11.1 Å². The van der Waals surface area contributed by atoms with Gasteiger partial charge in [-0.1, -0.05) is 39.7 Å². The maximum Gasteiger partial charge on any atom is 0.124 e.